The third kappa shape index (κ3) is 3.02. The standard InChI is InChI=1S/C25H26ClN3/c26-22-8-6-21(7-9-22)23-27-28-24(29(23)16-17-4-2-1-3-5-17)25-13-18-10-19(14-25)12-20(11-18)15-25/h1-9,18-20H,10-16H2. The molecule has 4 aliphatic rings. The summed E-state index contributed by atoms with van der Waals surface area (Å²) < 4.78 is 2.41. The van der Waals surface area contributed by atoms with Crippen LogP contribution in [0.1, 0.15) is 49.9 Å². The van der Waals surface area contributed by atoms with E-state index in [0.717, 1.165) is 40.7 Å². The first-order chi connectivity index (χ1) is 14.2. The summed E-state index contributed by atoms with van der Waals surface area (Å²) in [7, 11) is 0. The lowest BCUT2D eigenvalue weighted by molar-refractivity contribution is -0.0109. The molecule has 0 saturated heterocycles. The summed E-state index contributed by atoms with van der Waals surface area (Å²) in [6.45, 7) is 0.822. The first-order valence-corrected chi connectivity index (χ1v) is 11.3. The van der Waals surface area contributed by atoms with Crippen LogP contribution in [0.15, 0.2) is 54.6 Å². The van der Waals surface area contributed by atoms with Gasteiger partial charge in [0.05, 0.1) is 6.54 Å². The first-order valence-electron chi connectivity index (χ1n) is 10.9. The average molecular weight is 404 g/mol. The first kappa shape index (κ1) is 17.7. The van der Waals surface area contributed by atoms with Gasteiger partial charge in [0.15, 0.2) is 5.82 Å². The second-order valence-electron chi connectivity index (χ2n) is 9.62. The molecule has 0 atom stereocenters. The van der Waals surface area contributed by atoms with Gasteiger partial charge in [-0.15, -0.1) is 10.2 Å². The highest BCUT2D eigenvalue weighted by Gasteiger charge is 2.54. The zero-order valence-electron chi connectivity index (χ0n) is 16.6. The molecule has 4 fully saturated rings. The van der Waals surface area contributed by atoms with Crippen molar-refractivity contribution in [2.24, 2.45) is 17.8 Å². The molecule has 0 spiro atoms. The van der Waals surface area contributed by atoms with Crippen molar-refractivity contribution in [3.63, 3.8) is 0 Å². The molecule has 148 valence electrons. The topological polar surface area (TPSA) is 30.7 Å². The van der Waals surface area contributed by atoms with Crippen LogP contribution in [0.3, 0.4) is 0 Å². The molecule has 0 amide bonds. The summed E-state index contributed by atoms with van der Waals surface area (Å²) in [6.07, 6.45) is 8.22. The molecule has 0 N–H and O–H groups in total. The summed E-state index contributed by atoms with van der Waals surface area (Å²) in [5, 5.41) is 10.4. The fourth-order valence-electron chi connectivity index (χ4n) is 6.81. The van der Waals surface area contributed by atoms with Gasteiger partial charge < -0.3 is 4.57 Å². The number of halogens is 1. The van der Waals surface area contributed by atoms with Crippen LogP contribution in [0.5, 0.6) is 0 Å². The Bertz CT molecular complexity index is 987. The van der Waals surface area contributed by atoms with E-state index in [1.165, 1.54) is 49.9 Å². The maximum Gasteiger partial charge on any atom is 0.164 e. The van der Waals surface area contributed by atoms with E-state index in [1.54, 1.807) is 0 Å². The largest absolute Gasteiger partial charge is 0.306 e. The maximum atomic E-state index is 6.14. The van der Waals surface area contributed by atoms with Gasteiger partial charge in [-0.25, -0.2) is 0 Å². The Kier molecular flexibility index (Phi) is 4.09. The Morgan fingerprint density at radius 1 is 0.828 bits per heavy atom. The normalized spacial score (nSPS) is 30.0. The lowest BCUT2D eigenvalue weighted by Crippen LogP contribution is -2.49. The number of rotatable bonds is 4. The second-order valence-corrected chi connectivity index (χ2v) is 10.1. The predicted octanol–water partition coefficient (Wildman–Crippen LogP) is 6.11. The Morgan fingerprint density at radius 3 is 2.07 bits per heavy atom. The summed E-state index contributed by atoms with van der Waals surface area (Å²) in [5.74, 6) is 4.87. The summed E-state index contributed by atoms with van der Waals surface area (Å²) in [6, 6.07) is 18.7. The highest BCUT2D eigenvalue weighted by atomic mass is 35.5. The second kappa shape index (κ2) is 6.70. The Labute approximate surface area is 177 Å². The number of nitrogens with zero attached hydrogens (tertiary/aromatic N) is 3. The van der Waals surface area contributed by atoms with Gasteiger partial charge in [0, 0.05) is 16.0 Å². The smallest absolute Gasteiger partial charge is 0.164 e. The molecule has 4 bridgehead atoms. The van der Waals surface area contributed by atoms with Gasteiger partial charge in [0.2, 0.25) is 0 Å². The van der Waals surface area contributed by atoms with Crippen molar-refractivity contribution >= 4 is 11.6 Å². The van der Waals surface area contributed by atoms with Crippen LogP contribution in [0.2, 0.25) is 5.02 Å². The SMILES string of the molecule is Clc1ccc(-c2nnc(C34CC5CC(CC(C5)C3)C4)n2Cc2ccccc2)cc1. The summed E-state index contributed by atoms with van der Waals surface area (Å²) in [5.41, 5.74) is 2.61. The van der Waals surface area contributed by atoms with E-state index in [4.69, 9.17) is 21.8 Å². The zero-order chi connectivity index (χ0) is 19.4. The average Bonchev–Trinajstić information content (AvgIpc) is 3.13. The Hall–Kier alpha value is -2.13. The van der Waals surface area contributed by atoms with E-state index >= 15 is 0 Å². The molecule has 29 heavy (non-hydrogen) atoms. The van der Waals surface area contributed by atoms with Crippen LogP contribution in [0.25, 0.3) is 11.4 Å². The minimum Gasteiger partial charge on any atom is -0.306 e. The van der Waals surface area contributed by atoms with Crippen LogP contribution >= 0.6 is 11.6 Å². The van der Waals surface area contributed by atoms with Crippen molar-refractivity contribution in [1.29, 1.82) is 0 Å². The minimum absolute atomic E-state index is 0.223. The van der Waals surface area contributed by atoms with E-state index < -0.39 is 0 Å². The van der Waals surface area contributed by atoms with E-state index in [-0.39, 0.29) is 5.41 Å². The lowest BCUT2D eigenvalue weighted by Gasteiger charge is -2.56. The molecular weight excluding hydrogens is 378 g/mol. The van der Waals surface area contributed by atoms with Crippen LogP contribution in [0, 0.1) is 17.8 Å². The maximum absolute atomic E-state index is 6.14. The molecule has 3 aromatic rings. The number of aromatic nitrogens is 3. The molecule has 4 saturated carbocycles. The van der Waals surface area contributed by atoms with Gasteiger partial charge in [-0.3, -0.25) is 0 Å². The van der Waals surface area contributed by atoms with Crippen LogP contribution in [-0.4, -0.2) is 14.8 Å². The summed E-state index contributed by atoms with van der Waals surface area (Å²) in [4.78, 5) is 0. The Morgan fingerprint density at radius 2 is 1.45 bits per heavy atom. The van der Waals surface area contributed by atoms with Gasteiger partial charge in [0.25, 0.3) is 0 Å². The quantitative estimate of drug-likeness (QED) is 0.525. The van der Waals surface area contributed by atoms with Gasteiger partial charge in [-0.05, 0) is 86.1 Å². The van der Waals surface area contributed by atoms with Gasteiger partial charge >= 0.3 is 0 Å². The molecule has 4 aliphatic carbocycles. The number of hydrogen-bond donors (Lipinski definition) is 0. The molecule has 7 rings (SSSR count). The highest BCUT2D eigenvalue weighted by Crippen LogP contribution is 2.60. The third-order valence-electron chi connectivity index (χ3n) is 7.55. The predicted molar refractivity (Wildman–Crippen MR) is 116 cm³/mol. The molecule has 0 aliphatic heterocycles. The minimum atomic E-state index is 0.223. The van der Waals surface area contributed by atoms with E-state index in [9.17, 15) is 0 Å². The third-order valence-corrected chi connectivity index (χ3v) is 7.80. The van der Waals surface area contributed by atoms with Crippen molar-refractivity contribution in [3.05, 3.63) is 71.0 Å². The van der Waals surface area contributed by atoms with Crippen molar-refractivity contribution in [1.82, 2.24) is 14.8 Å². The monoisotopic (exact) mass is 403 g/mol. The van der Waals surface area contributed by atoms with Crippen molar-refractivity contribution in [2.75, 3.05) is 0 Å². The molecule has 1 heterocycles. The van der Waals surface area contributed by atoms with Crippen LogP contribution < -0.4 is 0 Å². The van der Waals surface area contributed by atoms with E-state index in [2.05, 4.69) is 47.0 Å². The molecular formula is C25H26ClN3. The molecule has 3 nitrogen and oxygen atoms in total. The number of benzene rings is 2. The lowest BCUT2D eigenvalue weighted by atomic mass is 9.49. The van der Waals surface area contributed by atoms with Gasteiger partial charge in [0.1, 0.15) is 5.82 Å². The fraction of sp³-hybridized carbons (Fsp3) is 0.440. The van der Waals surface area contributed by atoms with Crippen LogP contribution in [0.4, 0.5) is 0 Å². The van der Waals surface area contributed by atoms with Crippen molar-refractivity contribution < 1.29 is 0 Å². The summed E-state index contributed by atoms with van der Waals surface area (Å²) >= 11 is 6.14. The van der Waals surface area contributed by atoms with Crippen LogP contribution in [-0.2, 0) is 12.0 Å². The van der Waals surface area contributed by atoms with E-state index in [1.807, 2.05) is 12.1 Å². The van der Waals surface area contributed by atoms with Gasteiger partial charge in [-0.2, -0.15) is 0 Å². The van der Waals surface area contributed by atoms with Gasteiger partial charge in [-0.1, -0.05) is 41.9 Å². The van der Waals surface area contributed by atoms with Crippen molar-refractivity contribution in [3.8, 4) is 11.4 Å². The Balaban J connectivity index is 1.47. The molecule has 2 aromatic carbocycles. The molecule has 0 radical (unpaired) electrons. The molecule has 1 aromatic heterocycles. The van der Waals surface area contributed by atoms with Crippen molar-refractivity contribution in [2.45, 2.75) is 50.5 Å². The van der Waals surface area contributed by atoms with E-state index in [0.29, 0.717) is 0 Å². The molecule has 0 unspecified atom stereocenters. The zero-order valence-corrected chi connectivity index (χ0v) is 17.4. The fourth-order valence-corrected chi connectivity index (χ4v) is 6.93. The highest BCUT2D eigenvalue weighted by molar-refractivity contribution is 6.30. The number of hydrogen-bond acceptors (Lipinski definition) is 2. The molecule has 4 heteroatoms.